The molecule has 10 heteroatoms. The molecule has 0 aliphatic heterocycles. The van der Waals surface area contributed by atoms with Crippen molar-refractivity contribution in [3.05, 3.63) is 12.2 Å². The number of rotatable bonds is 43. The van der Waals surface area contributed by atoms with Crippen LogP contribution in [0.2, 0.25) is 0 Å². The van der Waals surface area contributed by atoms with Crippen molar-refractivity contribution in [3.63, 3.8) is 0 Å². The van der Waals surface area contributed by atoms with Crippen molar-refractivity contribution in [1.82, 2.24) is 0 Å². The summed E-state index contributed by atoms with van der Waals surface area (Å²) >= 11 is 0. The molecule has 0 spiro atoms. The largest absolute Gasteiger partial charge is 0.472 e. The summed E-state index contributed by atoms with van der Waals surface area (Å²) in [6.45, 7) is 3.71. The van der Waals surface area contributed by atoms with Crippen molar-refractivity contribution in [1.29, 1.82) is 0 Å². The van der Waals surface area contributed by atoms with Crippen LogP contribution in [0.5, 0.6) is 0 Å². The van der Waals surface area contributed by atoms with Gasteiger partial charge in [-0.25, -0.2) is 4.57 Å². The zero-order chi connectivity index (χ0) is 39.6. The monoisotopic (exact) mass is 788 g/mol. The van der Waals surface area contributed by atoms with Gasteiger partial charge in [0, 0.05) is 19.4 Å². The molecule has 0 aromatic rings. The average Bonchev–Trinajstić information content (AvgIpc) is 3.16. The van der Waals surface area contributed by atoms with Crippen molar-refractivity contribution in [2.24, 2.45) is 5.73 Å². The van der Waals surface area contributed by atoms with Crippen LogP contribution in [-0.2, 0) is 32.7 Å². The predicted octanol–water partition coefficient (Wildman–Crippen LogP) is 13.0. The number of phosphoric ester groups is 1. The van der Waals surface area contributed by atoms with E-state index < -0.39 is 32.5 Å². The van der Waals surface area contributed by atoms with Crippen LogP contribution < -0.4 is 5.73 Å². The molecule has 320 valence electrons. The van der Waals surface area contributed by atoms with Crippen molar-refractivity contribution in [2.45, 2.75) is 232 Å². The lowest BCUT2D eigenvalue weighted by Gasteiger charge is -2.19. The summed E-state index contributed by atoms with van der Waals surface area (Å²) in [5, 5.41) is 0. The van der Waals surface area contributed by atoms with Gasteiger partial charge in [-0.2, -0.15) is 0 Å². The average molecular weight is 788 g/mol. The zero-order valence-electron chi connectivity index (χ0n) is 35.2. The third-order valence-electron chi connectivity index (χ3n) is 9.90. The van der Waals surface area contributed by atoms with Crippen molar-refractivity contribution < 1.29 is 37.6 Å². The molecule has 1 unspecified atom stereocenters. The molecule has 0 saturated heterocycles. The molecule has 0 radical (unpaired) electrons. The quantitative estimate of drug-likeness (QED) is 0.0268. The summed E-state index contributed by atoms with van der Waals surface area (Å²) < 4.78 is 32.7. The second-order valence-corrected chi connectivity index (χ2v) is 16.7. The van der Waals surface area contributed by atoms with E-state index in [9.17, 15) is 19.0 Å². The molecule has 9 nitrogen and oxygen atoms in total. The van der Waals surface area contributed by atoms with Gasteiger partial charge < -0.3 is 20.1 Å². The lowest BCUT2D eigenvalue weighted by Crippen LogP contribution is -2.29. The highest BCUT2D eigenvalue weighted by molar-refractivity contribution is 7.47. The van der Waals surface area contributed by atoms with E-state index in [1.165, 1.54) is 154 Å². The van der Waals surface area contributed by atoms with Crippen LogP contribution in [-0.4, -0.2) is 49.3 Å². The Hall–Kier alpha value is -1.25. The van der Waals surface area contributed by atoms with Gasteiger partial charge in [-0.15, -0.1) is 0 Å². The van der Waals surface area contributed by atoms with Gasteiger partial charge >= 0.3 is 19.8 Å². The Balaban J connectivity index is 4.00. The summed E-state index contributed by atoms with van der Waals surface area (Å²) in [7, 11) is -4.37. The molecule has 0 aliphatic carbocycles. The Labute approximate surface area is 332 Å². The summed E-state index contributed by atoms with van der Waals surface area (Å²) in [4.78, 5) is 34.8. The highest BCUT2D eigenvalue weighted by Gasteiger charge is 2.26. The molecule has 0 rings (SSSR count). The van der Waals surface area contributed by atoms with E-state index in [1.807, 2.05) is 0 Å². The normalized spacial score (nSPS) is 13.3. The number of phosphoric acid groups is 1. The van der Waals surface area contributed by atoms with Gasteiger partial charge in [-0.3, -0.25) is 18.6 Å². The first kappa shape index (κ1) is 52.8. The summed E-state index contributed by atoms with van der Waals surface area (Å²) in [5.41, 5.74) is 5.34. The number of hydrogen-bond acceptors (Lipinski definition) is 8. The maximum absolute atomic E-state index is 12.5. The van der Waals surface area contributed by atoms with Crippen LogP contribution in [0.1, 0.15) is 226 Å². The van der Waals surface area contributed by atoms with Crippen LogP contribution >= 0.6 is 7.82 Å². The van der Waals surface area contributed by atoms with E-state index in [-0.39, 0.29) is 32.6 Å². The molecule has 0 aromatic heterocycles. The topological polar surface area (TPSA) is 134 Å². The minimum Gasteiger partial charge on any atom is -0.462 e. The fraction of sp³-hybridized carbons (Fsp3) is 0.909. The molecule has 54 heavy (non-hydrogen) atoms. The van der Waals surface area contributed by atoms with E-state index in [1.54, 1.807) is 0 Å². The van der Waals surface area contributed by atoms with Crippen molar-refractivity contribution >= 4 is 19.8 Å². The molecule has 3 N–H and O–H groups in total. The van der Waals surface area contributed by atoms with Gasteiger partial charge in [-0.1, -0.05) is 193 Å². The SMILES string of the molecule is CCCCCCCCCCCCCCCCCCCC/C=C/CCCC(=O)OC[C@@H](COP(=O)(O)OCCN)OC(=O)CCCCCCCCCCCC. The third kappa shape index (κ3) is 40.4. The molecule has 2 atom stereocenters. The molecular weight excluding hydrogens is 701 g/mol. The number of hydrogen-bond donors (Lipinski definition) is 2. The predicted molar refractivity (Wildman–Crippen MR) is 224 cm³/mol. The Morgan fingerprint density at radius 3 is 1.37 bits per heavy atom. The number of unbranched alkanes of at least 4 members (excludes halogenated alkanes) is 28. The van der Waals surface area contributed by atoms with Crippen LogP contribution in [0.4, 0.5) is 0 Å². The second kappa shape index (κ2) is 41.4. The number of carbonyl (C=O) groups is 2. The van der Waals surface area contributed by atoms with Crippen molar-refractivity contribution in [2.75, 3.05) is 26.4 Å². The van der Waals surface area contributed by atoms with Gasteiger partial charge in [0.25, 0.3) is 0 Å². The van der Waals surface area contributed by atoms with E-state index >= 15 is 0 Å². The lowest BCUT2D eigenvalue weighted by molar-refractivity contribution is -0.161. The standard InChI is InChI=1S/C44H86NO8P/c1-3-5-7-9-11-13-15-16-17-18-19-20-21-22-23-24-25-26-27-29-30-32-34-36-43(46)50-40-42(41-52-54(48,49)51-39-38-45)53-44(47)37-35-33-31-28-14-12-10-8-6-4-2/h29-30,42H,3-28,31-41,45H2,1-2H3,(H,48,49)/b30-29+/t42-/m0/s1. The van der Waals surface area contributed by atoms with Crippen LogP contribution in [0.15, 0.2) is 12.2 Å². The second-order valence-electron chi connectivity index (χ2n) is 15.3. The number of allylic oxidation sites excluding steroid dienone is 2. The van der Waals surface area contributed by atoms with Crippen LogP contribution in [0.25, 0.3) is 0 Å². The molecular formula is C44H86NO8P. The van der Waals surface area contributed by atoms with Gasteiger partial charge in [0.1, 0.15) is 6.61 Å². The summed E-state index contributed by atoms with van der Waals surface area (Å²) in [5.74, 6) is -0.857. The van der Waals surface area contributed by atoms with Crippen molar-refractivity contribution in [3.8, 4) is 0 Å². The fourth-order valence-corrected chi connectivity index (χ4v) is 7.29. The molecule has 0 bridgehead atoms. The van der Waals surface area contributed by atoms with E-state index in [0.29, 0.717) is 12.8 Å². The minimum atomic E-state index is -4.37. The third-order valence-corrected chi connectivity index (χ3v) is 10.9. The Morgan fingerprint density at radius 2 is 0.926 bits per heavy atom. The minimum absolute atomic E-state index is 0.0531. The van der Waals surface area contributed by atoms with Gasteiger partial charge in [0.15, 0.2) is 6.10 Å². The van der Waals surface area contributed by atoms with E-state index in [0.717, 1.165) is 32.1 Å². The van der Waals surface area contributed by atoms with Gasteiger partial charge in [-0.05, 0) is 32.1 Å². The highest BCUT2D eigenvalue weighted by atomic mass is 31.2. The smallest absolute Gasteiger partial charge is 0.462 e. The highest BCUT2D eigenvalue weighted by Crippen LogP contribution is 2.43. The molecule has 0 fully saturated rings. The summed E-state index contributed by atoms with van der Waals surface area (Å²) in [6.07, 6.45) is 42.7. The van der Waals surface area contributed by atoms with Gasteiger partial charge in [0.05, 0.1) is 13.2 Å². The molecule has 0 aromatic carbocycles. The Bertz CT molecular complexity index is 902. The number of esters is 2. The first-order chi connectivity index (χ1) is 26.3. The molecule has 0 aliphatic rings. The van der Waals surface area contributed by atoms with Gasteiger partial charge in [0.2, 0.25) is 0 Å². The molecule has 0 heterocycles. The van der Waals surface area contributed by atoms with E-state index in [4.69, 9.17) is 24.3 Å². The number of ether oxygens (including phenoxy) is 2. The first-order valence-electron chi connectivity index (χ1n) is 22.7. The summed E-state index contributed by atoms with van der Waals surface area (Å²) in [6, 6.07) is 0. The molecule has 0 amide bonds. The zero-order valence-corrected chi connectivity index (χ0v) is 36.1. The Morgan fingerprint density at radius 1 is 0.537 bits per heavy atom. The molecule has 0 saturated carbocycles. The number of nitrogens with two attached hydrogens (primary N) is 1. The van der Waals surface area contributed by atoms with E-state index in [2.05, 4.69) is 26.0 Å². The first-order valence-corrected chi connectivity index (χ1v) is 24.2. The number of carbonyl (C=O) groups excluding carboxylic acids is 2. The Kier molecular flexibility index (Phi) is 40.4. The van der Waals surface area contributed by atoms with Crippen LogP contribution in [0.3, 0.4) is 0 Å². The lowest BCUT2D eigenvalue weighted by atomic mass is 10.0. The maximum atomic E-state index is 12.5. The van der Waals surface area contributed by atoms with Crippen LogP contribution in [0, 0.1) is 0 Å². The fourth-order valence-electron chi connectivity index (χ4n) is 6.52. The maximum Gasteiger partial charge on any atom is 0.472 e.